The van der Waals surface area contributed by atoms with Crippen molar-refractivity contribution in [3.8, 4) is 0 Å². The number of hydrogen-bond acceptors (Lipinski definition) is 3. The molecule has 3 nitrogen and oxygen atoms in total. The smallest absolute Gasteiger partial charge is 0.302 e. The van der Waals surface area contributed by atoms with Crippen molar-refractivity contribution in [3.05, 3.63) is 71.8 Å². The molecule has 0 unspecified atom stereocenters. The van der Waals surface area contributed by atoms with E-state index >= 15 is 0 Å². The Balaban J connectivity index is 0.000000160. The van der Waals surface area contributed by atoms with Gasteiger partial charge in [0.1, 0.15) is 6.61 Å². The number of carbonyl (C=O) groups excluding carboxylic acids is 1. The molecule has 0 spiro atoms. The Morgan fingerprint density at radius 2 is 1.54 bits per heavy atom. The summed E-state index contributed by atoms with van der Waals surface area (Å²) in [7, 11) is 0. The molecule has 2 aliphatic carbocycles. The maximum absolute atomic E-state index is 10.4. The van der Waals surface area contributed by atoms with E-state index < -0.39 is 0 Å². The van der Waals surface area contributed by atoms with Gasteiger partial charge >= 0.3 is 5.97 Å². The van der Waals surface area contributed by atoms with Crippen molar-refractivity contribution in [1.82, 2.24) is 0 Å². The van der Waals surface area contributed by atoms with Gasteiger partial charge in [0.2, 0.25) is 0 Å². The van der Waals surface area contributed by atoms with E-state index in [2.05, 4.69) is 30.3 Å². The first-order valence-corrected chi connectivity index (χ1v) is 9.51. The third kappa shape index (κ3) is 5.99. The number of carbonyl (C=O) groups is 1. The molecule has 138 valence electrons. The molecule has 0 bridgehead atoms. The largest absolute Gasteiger partial charge is 0.461 e. The van der Waals surface area contributed by atoms with Crippen LogP contribution in [0.3, 0.4) is 0 Å². The van der Waals surface area contributed by atoms with E-state index in [4.69, 9.17) is 9.47 Å². The van der Waals surface area contributed by atoms with E-state index in [1.54, 1.807) is 0 Å². The average Bonchev–Trinajstić information content (AvgIpc) is 3.35. The van der Waals surface area contributed by atoms with Crippen LogP contribution in [0, 0.1) is 17.8 Å². The van der Waals surface area contributed by atoms with E-state index in [1.807, 2.05) is 30.3 Å². The van der Waals surface area contributed by atoms with Gasteiger partial charge in [0, 0.05) is 6.92 Å². The lowest BCUT2D eigenvalue weighted by molar-refractivity contribution is -0.142. The third-order valence-electron chi connectivity index (χ3n) is 5.22. The normalized spacial score (nSPS) is 22.7. The maximum atomic E-state index is 10.4. The van der Waals surface area contributed by atoms with Crippen LogP contribution in [0.25, 0.3) is 0 Å². The van der Waals surface area contributed by atoms with Crippen LogP contribution in [0.1, 0.15) is 37.3 Å². The molecular formula is C23H28O3. The number of hydrogen-bond donors (Lipinski definition) is 0. The van der Waals surface area contributed by atoms with E-state index in [0.29, 0.717) is 6.61 Å². The SMILES string of the molecule is CC(=O)OCc1ccccc1.c1ccc(COC[C@@H]2CC[C@H]3C[C@@H]23)cc1. The summed E-state index contributed by atoms with van der Waals surface area (Å²) in [5, 5.41) is 0. The van der Waals surface area contributed by atoms with Gasteiger partial charge in [0.25, 0.3) is 0 Å². The zero-order chi connectivity index (χ0) is 18.2. The van der Waals surface area contributed by atoms with Crippen molar-refractivity contribution in [2.45, 2.75) is 39.4 Å². The van der Waals surface area contributed by atoms with Crippen LogP contribution in [0.4, 0.5) is 0 Å². The fraction of sp³-hybridized carbons (Fsp3) is 0.435. The zero-order valence-corrected chi connectivity index (χ0v) is 15.5. The first kappa shape index (κ1) is 18.7. The minimum atomic E-state index is -0.242. The molecule has 0 heterocycles. The predicted octanol–water partition coefficient (Wildman–Crippen LogP) is 5.00. The van der Waals surface area contributed by atoms with E-state index in [1.165, 1.54) is 31.7 Å². The molecule has 0 aliphatic heterocycles. The van der Waals surface area contributed by atoms with Gasteiger partial charge in [-0.2, -0.15) is 0 Å². The Morgan fingerprint density at radius 3 is 2.04 bits per heavy atom. The van der Waals surface area contributed by atoms with Crippen LogP contribution in [-0.4, -0.2) is 12.6 Å². The van der Waals surface area contributed by atoms with Crippen LogP contribution in [0.5, 0.6) is 0 Å². The Hall–Kier alpha value is -2.13. The van der Waals surface area contributed by atoms with Gasteiger partial charge in [-0.25, -0.2) is 0 Å². The molecule has 0 amide bonds. The number of benzene rings is 2. The Bertz CT molecular complexity index is 668. The third-order valence-corrected chi connectivity index (χ3v) is 5.22. The van der Waals surface area contributed by atoms with Crippen LogP contribution in [0.2, 0.25) is 0 Å². The monoisotopic (exact) mass is 352 g/mol. The fourth-order valence-electron chi connectivity index (χ4n) is 3.69. The topological polar surface area (TPSA) is 35.5 Å². The quantitative estimate of drug-likeness (QED) is 0.686. The Kier molecular flexibility index (Phi) is 6.84. The van der Waals surface area contributed by atoms with Gasteiger partial charge in [-0.15, -0.1) is 0 Å². The predicted molar refractivity (Wildman–Crippen MR) is 102 cm³/mol. The van der Waals surface area contributed by atoms with Gasteiger partial charge in [0.15, 0.2) is 0 Å². The fourth-order valence-corrected chi connectivity index (χ4v) is 3.69. The lowest BCUT2D eigenvalue weighted by Crippen LogP contribution is -2.08. The summed E-state index contributed by atoms with van der Waals surface area (Å²) in [5.74, 6) is 2.74. The van der Waals surface area contributed by atoms with Gasteiger partial charge in [0.05, 0.1) is 13.2 Å². The minimum absolute atomic E-state index is 0.242. The molecular weight excluding hydrogens is 324 g/mol. The molecule has 0 aromatic heterocycles. The summed E-state index contributed by atoms with van der Waals surface area (Å²) >= 11 is 0. The summed E-state index contributed by atoms with van der Waals surface area (Å²) in [6, 6.07) is 20.1. The maximum Gasteiger partial charge on any atom is 0.302 e. The van der Waals surface area contributed by atoms with Crippen molar-refractivity contribution < 1.29 is 14.3 Å². The van der Waals surface area contributed by atoms with Crippen LogP contribution >= 0.6 is 0 Å². The van der Waals surface area contributed by atoms with E-state index in [9.17, 15) is 4.79 Å². The van der Waals surface area contributed by atoms with E-state index in [0.717, 1.165) is 36.5 Å². The van der Waals surface area contributed by atoms with Crippen molar-refractivity contribution in [1.29, 1.82) is 0 Å². The van der Waals surface area contributed by atoms with Crippen molar-refractivity contribution in [2.24, 2.45) is 17.8 Å². The van der Waals surface area contributed by atoms with Crippen LogP contribution in [0.15, 0.2) is 60.7 Å². The average molecular weight is 352 g/mol. The lowest BCUT2D eigenvalue weighted by atomic mass is 10.1. The molecule has 2 aliphatic rings. The molecule has 3 atom stereocenters. The highest BCUT2D eigenvalue weighted by atomic mass is 16.5. The Morgan fingerprint density at radius 1 is 0.923 bits per heavy atom. The zero-order valence-electron chi connectivity index (χ0n) is 15.5. The molecule has 0 N–H and O–H groups in total. The first-order valence-electron chi connectivity index (χ1n) is 9.51. The summed E-state index contributed by atoms with van der Waals surface area (Å²) in [6.07, 6.45) is 4.35. The van der Waals surface area contributed by atoms with Gasteiger partial charge < -0.3 is 9.47 Å². The first-order chi connectivity index (χ1) is 12.7. The van der Waals surface area contributed by atoms with Crippen molar-refractivity contribution in [2.75, 3.05) is 6.61 Å². The molecule has 26 heavy (non-hydrogen) atoms. The molecule has 2 aromatic carbocycles. The summed E-state index contributed by atoms with van der Waals surface area (Å²) < 4.78 is 10.6. The molecule has 0 radical (unpaired) electrons. The number of fused-ring (bicyclic) bond motifs is 1. The van der Waals surface area contributed by atoms with Crippen molar-refractivity contribution >= 4 is 5.97 Å². The highest BCUT2D eigenvalue weighted by Crippen LogP contribution is 2.55. The van der Waals surface area contributed by atoms with E-state index in [-0.39, 0.29) is 5.97 Å². The summed E-state index contributed by atoms with van der Waals surface area (Å²) in [4.78, 5) is 10.4. The molecule has 2 saturated carbocycles. The summed E-state index contributed by atoms with van der Waals surface area (Å²) in [5.41, 5.74) is 2.31. The minimum Gasteiger partial charge on any atom is -0.461 e. The summed E-state index contributed by atoms with van der Waals surface area (Å²) in [6.45, 7) is 3.55. The van der Waals surface area contributed by atoms with Crippen LogP contribution < -0.4 is 0 Å². The second kappa shape index (κ2) is 9.54. The molecule has 3 heteroatoms. The van der Waals surface area contributed by atoms with Crippen LogP contribution in [-0.2, 0) is 27.5 Å². The van der Waals surface area contributed by atoms with Crippen molar-refractivity contribution in [3.63, 3.8) is 0 Å². The van der Waals surface area contributed by atoms with Gasteiger partial charge in [-0.05, 0) is 48.1 Å². The molecule has 2 aromatic rings. The van der Waals surface area contributed by atoms with Gasteiger partial charge in [-0.1, -0.05) is 60.7 Å². The number of rotatable bonds is 6. The second-order valence-corrected chi connectivity index (χ2v) is 7.26. The second-order valence-electron chi connectivity index (χ2n) is 7.26. The highest BCUT2D eigenvalue weighted by molar-refractivity contribution is 5.65. The standard InChI is InChI=1S/C14H18O.C9H10O2/c1-2-4-11(5-3-1)9-15-10-13-7-6-12-8-14(12)13;1-8(10)11-7-9-5-3-2-4-6-9/h1-5,12-14H,6-10H2;2-6H,7H2,1H3/t12-,13-,14+;/m0./s1. The number of esters is 1. The number of ether oxygens (including phenoxy) is 2. The Labute approximate surface area is 156 Å². The molecule has 2 fully saturated rings. The lowest BCUT2D eigenvalue weighted by Gasteiger charge is -2.11. The molecule has 0 saturated heterocycles. The highest BCUT2D eigenvalue weighted by Gasteiger charge is 2.47. The van der Waals surface area contributed by atoms with Gasteiger partial charge in [-0.3, -0.25) is 4.79 Å². The molecule has 4 rings (SSSR count).